The maximum Gasteiger partial charge on any atom is 0.180 e. The van der Waals surface area contributed by atoms with Gasteiger partial charge in [0.1, 0.15) is 12.6 Å². The monoisotopic (exact) mass is 578 g/mol. The van der Waals surface area contributed by atoms with Crippen molar-refractivity contribution in [2.45, 2.75) is 181 Å². The zero-order valence-corrected chi connectivity index (χ0v) is 27.0. The van der Waals surface area contributed by atoms with E-state index in [-0.39, 0.29) is 0 Å². The van der Waals surface area contributed by atoms with Crippen LogP contribution in [0, 0.1) is 0 Å². The quantitative estimate of drug-likeness (QED) is 0.0329. The number of unbranched alkanes of at least 4 members (excludes halogenated alkanes) is 20. The van der Waals surface area contributed by atoms with Crippen LogP contribution in [0.15, 0.2) is 24.3 Å². The minimum atomic E-state index is -0.429. The van der Waals surface area contributed by atoms with E-state index in [1.165, 1.54) is 77.0 Å². The summed E-state index contributed by atoms with van der Waals surface area (Å²) in [7, 11) is 0. The molecule has 5 nitrogen and oxygen atoms in total. The van der Waals surface area contributed by atoms with Crippen LogP contribution in [0.3, 0.4) is 0 Å². The Bertz CT molecular complexity index is 539. The Labute approximate surface area is 254 Å². The van der Waals surface area contributed by atoms with Crippen molar-refractivity contribution in [2.24, 2.45) is 0 Å². The third kappa shape index (κ3) is 31.5. The largest absolute Gasteiger partial charge is 0.349 e. The van der Waals surface area contributed by atoms with Crippen molar-refractivity contribution in [1.29, 1.82) is 0 Å². The lowest BCUT2D eigenvalue weighted by atomic mass is 10.1. The lowest BCUT2D eigenvalue weighted by molar-refractivity contribution is -0.208. The molecule has 0 heterocycles. The maximum atomic E-state index is 10.5. The van der Waals surface area contributed by atoms with E-state index in [0.717, 1.165) is 76.8 Å². The van der Waals surface area contributed by atoms with Crippen LogP contribution in [-0.4, -0.2) is 38.4 Å². The second-order valence-electron chi connectivity index (χ2n) is 11.3. The van der Waals surface area contributed by atoms with Crippen molar-refractivity contribution in [3.8, 4) is 0 Å². The maximum absolute atomic E-state index is 10.5. The van der Waals surface area contributed by atoms with Crippen LogP contribution < -0.4 is 0 Å². The summed E-state index contributed by atoms with van der Waals surface area (Å²) >= 11 is 0. The van der Waals surface area contributed by atoms with Crippen LogP contribution in [-0.2, 0) is 23.8 Å². The fourth-order valence-electron chi connectivity index (χ4n) is 4.68. The molecule has 0 aliphatic heterocycles. The molecule has 2 atom stereocenters. The minimum absolute atomic E-state index is 0.429. The number of carbonyl (C=O) groups is 2. The van der Waals surface area contributed by atoms with Gasteiger partial charge in [-0.1, -0.05) is 116 Å². The van der Waals surface area contributed by atoms with Crippen LogP contribution >= 0.6 is 0 Å². The molecule has 0 aliphatic rings. The third-order valence-corrected chi connectivity index (χ3v) is 7.30. The molecule has 0 bridgehead atoms. The normalized spacial score (nSPS) is 13.3. The predicted molar refractivity (Wildman–Crippen MR) is 173 cm³/mol. The highest BCUT2D eigenvalue weighted by Gasteiger charge is 2.13. The molecule has 0 radical (unpaired) electrons. The van der Waals surface area contributed by atoms with Gasteiger partial charge in [-0.25, -0.2) is 0 Å². The smallest absolute Gasteiger partial charge is 0.180 e. The molecule has 2 unspecified atom stereocenters. The number of allylic oxidation sites excluding steroid dienone is 2. The molecular weight excluding hydrogens is 512 g/mol. The third-order valence-electron chi connectivity index (χ3n) is 7.30. The zero-order valence-electron chi connectivity index (χ0n) is 27.0. The van der Waals surface area contributed by atoms with E-state index in [1.54, 1.807) is 0 Å². The number of aldehydes is 2. The van der Waals surface area contributed by atoms with E-state index >= 15 is 0 Å². The van der Waals surface area contributed by atoms with Crippen molar-refractivity contribution >= 4 is 12.6 Å². The van der Waals surface area contributed by atoms with Crippen LogP contribution in [0.2, 0.25) is 0 Å². The van der Waals surface area contributed by atoms with Crippen molar-refractivity contribution in [2.75, 3.05) is 13.2 Å². The highest BCUT2D eigenvalue weighted by atomic mass is 16.8. The minimum Gasteiger partial charge on any atom is -0.349 e. The molecule has 0 aromatic carbocycles. The molecule has 0 amide bonds. The molecule has 0 aromatic rings. The molecule has 0 aromatic heterocycles. The molecule has 0 N–H and O–H groups in total. The van der Waals surface area contributed by atoms with Crippen LogP contribution in [0.1, 0.15) is 168 Å². The fourth-order valence-corrected chi connectivity index (χ4v) is 4.68. The van der Waals surface area contributed by atoms with Crippen molar-refractivity contribution in [3.05, 3.63) is 24.3 Å². The first-order valence-corrected chi connectivity index (χ1v) is 17.4. The molecule has 0 saturated heterocycles. The molecule has 0 fully saturated rings. The summed E-state index contributed by atoms with van der Waals surface area (Å²) in [6.45, 7) is 5.88. The molecule has 41 heavy (non-hydrogen) atoms. The van der Waals surface area contributed by atoms with Crippen LogP contribution in [0.4, 0.5) is 0 Å². The summed E-state index contributed by atoms with van der Waals surface area (Å²) in [5, 5.41) is 0. The summed E-state index contributed by atoms with van der Waals surface area (Å²) in [6.07, 6.45) is 36.5. The van der Waals surface area contributed by atoms with Gasteiger partial charge in [0.15, 0.2) is 12.6 Å². The van der Waals surface area contributed by atoms with E-state index in [2.05, 4.69) is 26.0 Å². The number of rotatable bonds is 34. The van der Waals surface area contributed by atoms with Crippen LogP contribution in [0.25, 0.3) is 0 Å². The van der Waals surface area contributed by atoms with Crippen molar-refractivity contribution in [1.82, 2.24) is 0 Å². The molecule has 0 aliphatic carbocycles. The Morgan fingerprint density at radius 3 is 1.17 bits per heavy atom. The molecule has 0 rings (SSSR count). The van der Waals surface area contributed by atoms with Gasteiger partial charge in [0.05, 0.1) is 13.2 Å². The molecule has 0 spiro atoms. The average Bonchev–Trinajstić information content (AvgIpc) is 2.98. The summed E-state index contributed by atoms with van der Waals surface area (Å²) < 4.78 is 18.7. The number of carbonyl (C=O) groups excluding carboxylic acids is 2. The van der Waals surface area contributed by atoms with E-state index in [4.69, 9.17) is 14.2 Å². The predicted octanol–water partition coefficient (Wildman–Crippen LogP) is 10.6. The Morgan fingerprint density at radius 2 is 0.780 bits per heavy atom. The van der Waals surface area contributed by atoms with Gasteiger partial charge in [0, 0.05) is 12.8 Å². The summed E-state index contributed by atoms with van der Waals surface area (Å²) in [6, 6.07) is 0. The van der Waals surface area contributed by atoms with E-state index in [9.17, 15) is 9.59 Å². The Morgan fingerprint density at radius 1 is 0.439 bits per heavy atom. The van der Waals surface area contributed by atoms with Crippen LogP contribution in [0.5, 0.6) is 0 Å². The Kier molecular flexibility index (Phi) is 33.8. The van der Waals surface area contributed by atoms with Gasteiger partial charge < -0.3 is 23.8 Å². The molecule has 240 valence electrons. The number of hydrogen-bond acceptors (Lipinski definition) is 5. The zero-order chi connectivity index (χ0) is 29.9. The van der Waals surface area contributed by atoms with E-state index in [1.807, 2.05) is 12.2 Å². The fraction of sp³-hybridized carbons (Fsp3) is 0.833. The standard InChI is InChI=1S/C36H66O5/c1-3-5-7-9-15-21-27-33-39-35(29-23-17-11-13-19-25-31-37)41-36(30-24-18-12-14-20-26-32-38)40-34-28-22-16-10-8-6-4-2/h23-24,29-32,35-36H,3-22,25-28,33-34H2,1-2H3. The first-order valence-electron chi connectivity index (χ1n) is 17.4. The number of ether oxygens (including phenoxy) is 3. The highest BCUT2D eigenvalue weighted by molar-refractivity contribution is 5.49. The van der Waals surface area contributed by atoms with Gasteiger partial charge in [0.25, 0.3) is 0 Å². The Balaban J connectivity index is 4.85. The first-order chi connectivity index (χ1) is 20.3. The van der Waals surface area contributed by atoms with E-state index in [0.29, 0.717) is 26.1 Å². The summed E-state index contributed by atoms with van der Waals surface area (Å²) in [5.41, 5.74) is 0. The van der Waals surface area contributed by atoms with Gasteiger partial charge in [-0.05, 0) is 63.5 Å². The van der Waals surface area contributed by atoms with Crippen molar-refractivity contribution < 1.29 is 23.8 Å². The second-order valence-corrected chi connectivity index (χ2v) is 11.3. The van der Waals surface area contributed by atoms with Gasteiger partial charge in [-0.3, -0.25) is 0 Å². The lowest BCUT2D eigenvalue weighted by Crippen LogP contribution is -2.25. The first kappa shape index (κ1) is 39.7. The molecular formula is C36H66O5. The lowest BCUT2D eigenvalue weighted by Gasteiger charge is -2.22. The number of hydrogen-bond donors (Lipinski definition) is 0. The molecule has 5 heteroatoms. The van der Waals surface area contributed by atoms with Gasteiger partial charge in [0.2, 0.25) is 0 Å². The highest BCUT2D eigenvalue weighted by Crippen LogP contribution is 2.14. The SMILES string of the molecule is CCCCCCCCCOC(C=CCCCCCC=O)OC(C=CCCCCCC=O)OCCCCCCCCC. The summed E-state index contributed by atoms with van der Waals surface area (Å²) in [4.78, 5) is 21.1. The molecule has 0 saturated carbocycles. The topological polar surface area (TPSA) is 61.8 Å². The van der Waals surface area contributed by atoms with Gasteiger partial charge in [-0.15, -0.1) is 0 Å². The average molecular weight is 579 g/mol. The van der Waals surface area contributed by atoms with Gasteiger partial charge >= 0.3 is 0 Å². The Hall–Kier alpha value is -1.30. The van der Waals surface area contributed by atoms with E-state index < -0.39 is 12.6 Å². The van der Waals surface area contributed by atoms with Gasteiger partial charge in [-0.2, -0.15) is 0 Å². The summed E-state index contributed by atoms with van der Waals surface area (Å²) in [5.74, 6) is 0. The van der Waals surface area contributed by atoms with Crippen molar-refractivity contribution in [3.63, 3.8) is 0 Å². The second kappa shape index (κ2) is 34.9.